The lowest BCUT2D eigenvalue weighted by molar-refractivity contribution is -0.146. The zero-order valence-corrected chi connectivity index (χ0v) is 17.5. The summed E-state index contributed by atoms with van der Waals surface area (Å²) in [5, 5.41) is 0.795. The lowest BCUT2D eigenvalue weighted by atomic mass is 9.99. The Bertz CT molecular complexity index is 1030. The van der Waals surface area contributed by atoms with Gasteiger partial charge < -0.3 is 9.47 Å². The van der Waals surface area contributed by atoms with Crippen molar-refractivity contribution in [2.45, 2.75) is 32.8 Å². The lowest BCUT2D eigenvalue weighted by Crippen LogP contribution is -2.29. The number of carbonyl (C=O) groups is 2. The Kier molecular flexibility index (Phi) is 5.59. The Hall–Kier alpha value is -2.25. The Balaban J connectivity index is 1.90. The first-order valence-electron chi connectivity index (χ1n) is 8.56. The first-order chi connectivity index (χ1) is 13.1. The number of carbonyl (C=O) groups excluding carboxylic acids is 2. The van der Waals surface area contributed by atoms with E-state index in [1.165, 1.54) is 19.2 Å². The van der Waals surface area contributed by atoms with Gasteiger partial charge in [0.2, 0.25) is 0 Å². The van der Waals surface area contributed by atoms with Crippen molar-refractivity contribution in [1.82, 2.24) is 0 Å². The molecule has 3 rings (SSSR count). The third-order valence-electron chi connectivity index (χ3n) is 4.05. The number of esters is 2. The number of fused-ring (bicyclic) bond motifs is 1. The number of methoxy groups -OCH3 is 1. The maximum Gasteiger partial charge on any atom is 0.353 e. The lowest BCUT2D eigenvalue weighted by Gasteiger charge is -2.21. The topological polar surface area (TPSA) is 65.0 Å². The zero-order valence-electron chi connectivity index (χ0n) is 15.9. The third kappa shape index (κ3) is 4.10. The van der Waals surface area contributed by atoms with Crippen LogP contribution in [0.2, 0.25) is 5.02 Å². The number of hydrogen-bond acceptors (Lipinski definition) is 6. The van der Waals surface area contributed by atoms with E-state index in [-0.39, 0.29) is 22.5 Å². The van der Waals surface area contributed by atoms with Crippen molar-refractivity contribution in [2.75, 3.05) is 13.7 Å². The molecule has 0 spiro atoms. The quantitative estimate of drug-likeness (QED) is 0.648. The van der Waals surface area contributed by atoms with Crippen LogP contribution in [0.15, 0.2) is 23.2 Å². The fraction of sp³-hybridized carbons (Fsp3) is 0.350. The molecule has 0 fully saturated rings. The summed E-state index contributed by atoms with van der Waals surface area (Å²) in [6, 6.07) is 3.04. The second-order valence-electron chi connectivity index (χ2n) is 7.26. The minimum absolute atomic E-state index is 0.141. The summed E-state index contributed by atoms with van der Waals surface area (Å²) < 4.78 is 25.4. The highest BCUT2D eigenvalue weighted by Gasteiger charge is 2.24. The van der Waals surface area contributed by atoms with Crippen LogP contribution in [0, 0.1) is 5.82 Å². The monoisotopic (exact) mass is 423 g/mol. The summed E-state index contributed by atoms with van der Waals surface area (Å²) in [5.41, 5.74) is 0.630. The van der Waals surface area contributed by atoms with Gasteiger partial charge in [0.1, 0.15) is 22.0 Å². The maximum atomic E-state index is 15.1. The molecule has 0 saturated heterocycles. The molecule has 0 amide bonds. The standard InChI is InChI=1S/C20H19ClFNO4S/c1-20(2,3)27-18(24)14-6-5-10(9-23-14)11-7-13(21)12-8-15(19(25)26-4)28-17(12)16(11)22/h5,7-8H,6,9H2,1-4H3. The highest BCUT2D eigenvalue weighted by molar-refractivity contribution is 7.20. The molecule has 8 heteroatoms. The number of allylic oxidation sites excluding steroid dienone is 1. The van der Waals surface area contributed by atoms with E-state index in [1.54, 1.807) is 26.8 Å². The summed E-state index contributed by atoms with van der Waals surface area (Å²) in [7, 11) is 1.27. The summed E-state index contributed by atoms with van der Waals surface area (Å²) >= 11 is 7.31. The van der Waals surface area contributed by atoms with Gasteiger partial charge in [0.25, 0.3) is 0 Å². The first-order valence-corrected chi connectivity index (χ1v) is 9.76. The largest absolute Gasteiger partial charge is 0.465 e. The molecule has 0 N–H and O–H groups in total. The molecule has 1 aliphatic heterocycles. The van der Waals surface area contributed by atoms with Crippen LogP contribution in [0.3, 0.4) is 0 Å². The van der Waals surface area contributed by atoms with Gasteiger partial charge in [0.15, 0.2) is 0 Å². The first kappa shape index (κ1) is 20.5. The molecule has 28 heavy (non-hydrogen) atoms. The van der Waals surface area contributed by atoms with Gasteiger partial charge in [-0.1, -0.05) is 17.7 Å². The van der Waals surface area contributed by atoms with Gasteiger partial charge in [0, 0.05) is 17.4 Å². The Morgan fingerprint density at radius 3 is 2.54 bits per heavy atom. The minimum Gasteiger partial charge on any atom is -0.465 e. The van der Waals surface area contributed by atoms with E-state index >= 15 is 4.39 Å². The number of nitrogens with zero attached hydrogens (tertiary/aromatic N) is 1. The molecule has 5 nitrogen and oxygen atoms in total. The number of thiophene rings is 1. The van der Waals surface area contributed by atoms with Crippen molar-refractivity contribution in [3.05, 3.63) is 39.5 Å². The van der Waals surface area contributed by atoms with Crippen LogP contribution in [-0.2, 0) is 14.3 Å². The van der Waals surface area contributed by atoms with E-state index in [0.717, 1.165) is 11.3 Å². The van der Waals surface area contributed by atoms with Crippen LogP contribution in [0.25, 0.3) is 15.7 Å². The van der Waals surface area contributed by atoms with E-state index < -0.39 is 23.4 Å². The molecule has 2 aromatic rings. The van der Waals surface area contributed by atoms with Gasteiger partial charge in [-0.15, -0.1) is 11.3 Å². The molecule has 2 heterocycles. The third-order valence-corrected chi connectivity index (χ3v) is 5.47. The van der Waals surface area contributed by atoms with E-state index in [9.17, 15) is 9.59 Å². The van der Waals surface area contributed by atoms with Gasteiger partial charge in [0.05, 0.1) is 23.4 Å². The summed E-state index contributed by atoms with van der Waals surface area (Å²) in [6.07, 6.45) is 2.00. The van der Waals surface area contributed by atoms with Gasteiger partial charge >= 0.3 is 11.9 Å². The van der Waals surface area contributed by atoms with Crippen molar-refractivity contribution < 1.29 is 23.5 Å². The van der Waals surface area contributed by atoms with Gasteiger partial charge in [-0.2, -0.15) is 0 Å². The van der Waals surface area contributed by atoms with Crippen LogP contribution in [0.1, 0.15) is 42.4 Å². The number of ether oxygens (including phenoxy) is 2. The number of aliphatic imine (C=N–C) groups is 1. The molecule has 0 atom stereocenters. The summed E-state index contributed by atoms with van der Waals surface area (Å²) in [6.45, 7) is 5.49. The van der Waals surface area contributed by atoms with Crippen molar-refractivity contribution in [2.24, 2.45) is 4.99 Å². The smallest absolute Gasteiger partial charge is 0.353 e. The molecule has 0 saturated carbocycles. The van der Waals surface area contributed by atoms with E-state index in [4.69, 9.17) is 21.1 Å². The highest BCUT2D eigenvalue weighted by atomic mass is 35.5. The van der Waals surface area contributed by atoms with E-state index in [0.29, 0.717) is 27.3 Å². The number of rotatable bonds is 3. The predicted molar refractivity (Wildman–Crippen MR) is 109 cm³/mol. The van der Waals surface area contributed by atoms with Crippen molar-refractivity contribution in [3.63, 3.8) is 0 Å². The molecule has 1 aliphatic rings. The van der Waals surface area contributed by atoms with E-state index in [1.807, 2.05) is 0 Å². The molecule has 1 aromatic heterocycles. The molecule has 0 unspecified atom stereocenters. The number of halogens is 2. The van der Waals surface area contributed by atoms with E-state index in [2.05, 4.69) is 4.99 Å². The maximum absolute atomic E-state index is 15.1. The van der Waals surface area contributed by atoms with Crippen LogP contribution in [-0.4, -0.2) is 36.9 Å². The van der Waals surface area contributed by atoms with Crippen molar-refractivity contribution in [3.8, 4) is 0 Å². The van der Waals surface area contributed by atoms with Crippen LogP contribution in [0.4, 0.5) is 4.39 Å². The van der Waals surface area contributed by atoms with Crippen molar-refractivity contribution in [1.29, 1.82) is 0 Å². The fourth-order valence-corrected chi connectivity index (χ4v) is 4.12. The SMILES string of the molecule is COC(=O)c1cc2c(Cl)cc(C3=CCC(C(=O)OC(C)(C)C)=NC3)c(F)c2s1. The average molecular weight is 424 g/mol. The number of hydrogen-bond donors (Lipinski definition) is 0. The minimum atomic E-state index is -0.606. The van der Waals surface area contributed by atoms with Gasteiger partial charge in [-0.25, -0.2) is 14.0 Å². The molecule has 0 bridgehead atoms. The summed E-state index contributed by atoms with van der Waals surface area (Å²) in [5.74, 6) is -1.49. The van der Waals surface area contributed by atoms with Crippen LogP contribution < -0.4 is 0 Å². The normalized spacial score (nSPS) is 14.5. The zero-order chi connectivity index (χ0) is 20.6. The Morgan fingerprint density at radius 2 is 1.96 bits per heavy atom. The molecular formula is C20H19ClFNO4S. The molecule has 148 valence electrons. The van der Waals surface area contributed by atoms with Crippen LogP contribution in [0.5, 0.6) is 0 Å². The number of benzene rings is 1. The second kappa shape index (κ2) is 7.64. The molecular weight excluding hydrogens is 405 g/mol. The van der Waals surface area contributed by atoms with Crippen LogP contribution >= 0.6 is 22.9 Å². The van der Waals surface area contributed by atoms with Gasteiger partial charge in [-0.05, 0) is 38.5 Å². The second-order valence-corrected chi connectivity index (χ2v) is 8.72. The van der Waals surface area contributed by atoms with Crippen molar-refractivity contribution >= 4 is 56.2 Å². The Morgan fingerprint density at radius 1 is 1.25 bits per heavy atom. The highest BCUT2D eigenvalue weighted by Crippen LogP contribution is 2.38. The summed E-state index contributed by atoms with van der Waals surface area (Å²) in [4.78, 5) is 28.4. The molecule has 1 aromatic carbocycles. The predicted octanol–water partition coefficient (Wildman–Crippen LogP) is 5.05. The Labute approximate surface area is 170 Å². The van der Waals surface area contributed by atoms with Gasteiger partial charge in [-0.3, -0.25) is 4.99 Å². The average Bonchev–Trinajstić information content (AvgIpc) is 3.09. The molecule has 0 radical (unpaired) electrons. The molecule has 0 aliphatic carbocycles. The number of dihydropyridines is 1. The fourth-order valence-electron chi connectivity index (χ4n) is 2.77.